The Kier molecular flexibility index (Phi) is 5.43. The minimum atomic E-state index is -0.114. The van der Waals surface area contributed by atoms with Gasteiger partial charge in [0, 0.05) is 0 Å². The van der Waals surface area contributed by atoms with E-state index >= 15 is 0 Å². The van der Waals surface area contributed by atoms with Gasteiger partial charge in [-0.05, 0) is 60.6 Å². The zero-order valence-electron chi connectivity index (χ0n) is 16.2. The van der Waals surface area contributed by atoms with Gasteiger partial charge in [-0.25, -0.2) is 0 Å². The Labute approximate surface area is 166 Å². The SMILES string of the molecule is CC(NC(=O)c1ccccc1OCc1ccccc1)c1ccc2c(c1)CCC2. The summed E-state index contributed by atoms with van der Waals surface area (Å²) in [6, 6.07) is 23.9. The summed E-state index contributed by atoms with van der Waals surface area (Å²) in [6.07, 6.45) is 3.54. The third-order valence-corrected chi connectivity index (χ3v) is 5.34. The van der Waals surface area contributed by atoms with Crippen molar-refractivity contribution in [3.8, 4) is 5.75 Å². The lowest BCUT2D eigenvalue weighted by Crippen LogP contribution is -2.27. The number of para-hydroxylation sites is 1. The molecule has 0 fully saturated rings. The predicted octanol–water partition coefficient (Wildman–Crippen LogP) is 5.25. The molecule has 1 amide bonds. The van der Waals surface area contributed by atoms with Crippen LogP contribution >= 0.6 is 0 Å². The van der Waals surface area contributed by atoms with E-state index in [2.05, 4.69) is 23.5 Å². The molecule has 1 aliphatic rings. The van der Waals surface area contributed by atoms with E-state index in [-0.39, 0.29) is 11.9 Å². The summed E-state index contributed by atoms with van der Waals surface area (Å²) in [5.74, 6) is 0.488. The van der Waals surface area contributed by atoms with Gasteiger partial charge in [-0.2, -0.15) is 0 Å². The van der Waals surface area contributed by atoms with Gasteiger partial charge in [0.2, 0.25) is 0 Å². The molecule has 0 aliphatic heterocycles. The van der Waals surface area contributed by atoms with E-state index < -0.39 is 0 Å². The molecule has 0 radical (unpaired) electrons. The molecule has 0 aromatic heterocycles. The Hall–Kier alpha value is -3.07. The van der Waals surface area contributed by atoms with Crippen LogP contribution in [0.5, 0.6) is 5.75 Å². The van der Waals surface area contributed by atoms with Gasteiger partial charge < -0.3 is 10.1 Å². The van der Waals surface area contributed by atoms with Crippen LogP contribution in [-0.4, -0.2) is 5.91 Å². The summed E-state index contributed by atoms with van der Waals surface area (Å²) in [7, 11) is 0. The highest BCUT2D eigenvalue weighted by atomic mass is 16.5. The van der Waals surface area contributed by atoms with Crippen molar-refractivity contribution in [3.63, 3.8) is 0 Å². The van der Waals surface area contributed by atoms with E-state index in [1.807, 2.05) is 61.5 Å². The fraction of sp³-hybridized carbons (Fsp3) is 0.240. The number of hydrogen-bond donors (Lipinski definition) is 1. The van der Waals surface area contributed by atoms with Crippen LogP contribution in [0.3, 0.4) is 0 Å². The Bertz CT molecular complexity index is 965. The van der Waals surface area contributed by atoms with Crippen LogP contribution in [0, 0.1) is 0 Å². The molecule has 3 aromatic carbocycles. The molecule has 3 heteroatoms. The summed E-state index contributed by atoms with van der Waals surface area (Å²) < 4.78 is 5.93. The first kappa shape index (κ1) is 18.3. The molecule has 3 nitrogen and oxygen atoms in total. The number of aryl methyl sites for hydroxylation is 2. The van der Waals surface area contributed by atoms with E-state index in [1.165, 1.54) is 24.0 Å². The Morgan fingerprint density at radius 3 is 2.57 bits per heavy atom. The molecule has 0 spiro atoms. The Morgan fingerprint density at radius 2 is 1.71 bits per heavy atom. The lowest BCUT2D eigenvalue weighted by atomic mass is 10.0. The first-order valence-electron chi connectivity index (χ1n) is 9.89. The van der Waals surface area contributed by atoms with E-state index in [4.69, 9.17) is 4.74 Å². The standard InChI is InChI=1S/C25H25NO2/c1-18(21-15-14-20-10-7-11-22(20)16-21)26-25(27)23-12-5-6-13-24(23)28-17-19-8-3-2-4-9-19/h2-6,8-9,12-16,18H,7,10-11,17H2,1H3,(H,26,27). The molecule has 1 N–H and O–H groups in total. The van der Waals surface area contributed by atoms with Crippen molar-refractivity contribution in [2.24, 2.45) is 0 Å². The van der Waals surface area contributed by atoms with Crippen LogP contribution in [0.2, 0.25) is 0 Å². The van der Waals surface area contributed by atoms with Gasteiger partial charge in [-0.1, -0.05) is 60.7 Å². The van der Waals surface area contributed by atoms with Gasteiger partial charge in [0.05, 0.1) is 11.6 Å². The predicted molar refractivity (Wildman–Crippen MR) is 112 cm³/mol. The third-order valence-electron chi connectivity index (χ3n) is 5.34. The second-order valence-corrected chi connectivity index (χ2v) is 7.35. The maximum absolute atomic E-state index is 12.9. The molecule has 1 unspecified atom stereocenters. The van der Waals surface area contributed by atoms with Crippen molar-refractivity contribution in [2.45, 2.75) is 38.8 Å². The van der Waals surface area contributed by atoms with Gasteiger partial charge in [-0.15, -0.1) is 0 Å². The molecular weight excluding hydrogens is 346 g/mol. The average Bonchev–Trinajstić information content (AvgIpc) is 3.21. The first-order chi connectivity index (χ1) is 13.7. The maximum Gasteiger partial charge on any atom is 0.255 e. The van der Waals surface area contributed by atoms with Crippen molar-refractivity contribution < 1.29 is 9.53 Å². The van der Waals surface area contributed by atoms with Crippen LogP contribution < -0.4 is 10.1 Å². The molecule has 0 saturated heterocycles. The number of hydrogen-bond acceptors (Lipinski definition) is 2. The van der Waals surface area contributed by atoms with Crippen molar-refractivity contribution in [1.29, 1.82) is 0 Å². The number of carbonyl (C=O) groups is 1. The van der Waals surface area contributed by atoms with Crippen LogP contribution in [0.25, 0.3) is 0 Å². The number of benzene rings is 3. The van der Waals surface area contributed by atoms with Crippen molar-refractivity contribution in [1.82, 2.24) is 5.32 Å². The maximum atomic E-state index is 12.9. The number of amides is 1. The average molecular weight is 371 g/mol. The Balaban J connectivity index is 1.46. The normalized spacial score (nSPS) is 13.6. The van der Waals surface area contributed by atoms with Gasteiger partial charge >= 0.3 is 0 Å². The minimum Gasteiger partial charge on any atom is -0.488 e. The summed E-state index contributed by atoms with van der Waals surface area (Å²) in [5, 5.41) is 3.12. The third kappa shape index (κ3) is 4.09. The number of nitrogens with one attached hydrogen (secondary N) is 1. The molecule has 28 heavy (non-hydrogen) atoms. The summed E-state index contributed by atoms with van der Waals surface area (Å²) in [4.78, 5) is 12.9. The van der Waals surface area contributed by atoms with Gasteiger partial charge in [-0.3, -0.25) is 4.79 Å². The largest absolute Gasteiger partial charge is 0.488 e. The van der Waals surface area contributed by atoms with Gasteiger partial charge in [0.15, 0.2) is 0 Å². The summed E-state index contributed by atoms with van der Waals surface area (Å²) in [5.41, 5.74) is 5.65. The van der Waals surface area contributed by atoms with Gasteiger partial charge in [0.1, 0.15) is 12.4 Å². The molecule has 4 rings (SSSR count). The molecule has 3 aromatic rings. The summed E-state index contributed by atoms with van der Waals surface area (Å²) >= 11 is 0. The fourth-order valence-electron chi connectivity index (χ4n) is 3.73. The van der Waals surface area contributed by atoms with Gasteiger partial charge in [0.25, 0.3) is 5.91 Å². The number of ether oxygens (including phenoxy) is 1. The van der Waals surface area contributed by atoms with E-state index in [0.29, 0.717) is 17.9 Å². The quantitative estimate of drug-likeness (QED) is 0.643. The number of fused-ring (bicyclic) bond motifs is 1. The lowest BCUT2D eigenvalue weighted by Gasteiger charge is -2.17. The van der Waals surface area contributed by atoms with Crippen molar-refractivity contribution >= 4 is 5.91 Å². The summed E-state index contributed by atoms with van der Waals surface area (Å²) in [6.45, 7) is 2.47. The number of rotatable bonds is 6. The monoisotopic (exact) mass is 371 g/mol. The zero-order valence-corrected chi connectivity index (χ0v) is 16.2. The first-order valence-corrected chi connectivity index (χ1v) is 9.89. The smallest absolute Gasteiger partial charge is 0.255 e. The van der Waals surface area contributed by atoms with E-state index in [0.717, 1.165) is 17.5 Å². The fourth-order valence-corrected chi connectivity index (χ4v) is 3.73. The van der Waals surface area contributed by atoms with Crippen LogP contribution in [0.4, 0.5) is 0 Å². The highest BCUT2D eigenvalue weighted by Gasteiger charge is 2.18. The number of carbonyl (C=O) groups excluding carboxylic acids is 1. The van der Waals surface area contributed by atoms with Crippen LogP contribution in [-0.2, 0) is 19.4 Å². The Morgan fingerprint density at radius 1 is 0.964 bits per heavy atom. The second-order valence-electron chi connectivity index (χ2n) is 7.35. The van der Waals surface area contributed by atoms with Crippen LogP contribution in [0.15, 0.2) is 72.8 Å². The highest BCUT2D eigenvalue weighted by molar-refractivity contribution is 5.97. The molecule has 0 saturated carbocycles. The second kappa shape index (κ2) is 8.30. The molecule has 142 valence electrons. The molecule has 0 bridgehead atoms. The zero-order chi connectivity index (χ0) is 19.3. The van der Waals surface area contributed by atoms with E-state index in [9.17, 15) is 4.79 Å². The molecule has 1 atom stereocenters. The minimum absolute atomic E-state index is 0.0550. The van der Waals surface area contributed by atoms with Crippen molar-refractivity contribution in [3.05, 3.63) is 101 Å². The van der Waals surface area contributed by atoms with Crippen molar-refractivity contribution in [2.75, 3.05) is 0 Å². The lowest BCUT2D eigenvalue weighted by molar-refractivity contribution is 0.0935. The van der Waals surface area contributed by atoms with Crippen LogP contribution in [0.1, 0.15) is 52.0 Å². The molecule has 0 heterocycles. The molecular formula is C25H25NO2. The highest BCUT2D eigenvalue weighted by Crippen LogP contribution is 2.26. The molecule has 1 aliphatic carbocycles. The van der Waals surface area contributed by atoms with E-state index in [1.54, 1.807) is 0 Å². The topological polar surface area (TPSA) is 38.3 Å².